The molecule has 0 aliphatic carbocycles. The summed E-state index contributed by atoms with van der Waals surface area (Å²) < 4.78 is 14.3. The van der Waals surface area contributed by atoms with Crippen molar-refractivity contribution >= 4 is 18.2 Å². The third-order valence-corrected chi connectivity index (χ3v) is 3.81. The van der Waals surface area contributed by atoms with Gasteiger partial charge < -0.3 is 0 Å². The van der Waals surface area contributed by atoms with Crippen LogP contribution in [-0.2, 0) is 0 Å². The van der Waals surface area contributed by atoms with Gasteiger partial charge in [-0.05, 0) is 59.5 Å². The van der Waals surface area contributed by atoms with Crippen LogP contribution in [0.4, 0.5) is 4.39 Å². The summed E-state index contributed by atoms with van der Waals surface area (Å²) in [7, 11) is 0. The van der Waals surface area contributed by atoms with Gasteiger partial charge in [0.2, 0.25) is 0 Å². The predicted molar refractivity (Wildman–Crippen MR) is 85.4 cm³/mol. The van der Waals surface area contributed by atoms with Gasteiger partial charge in [-0.3, -0.25) is 0 Å². The Kier molecular flexibility index (Phi) is 3.89. The molecule has 0 amide bonds. The Morgan fingerprint density at radius 2 is 1.85 bits per heavy atom. The molecule has 0 bridgehead atoms. The number of hydrogen-bond acceptors (Lipinski definition) is 0. The molecule has 0 aliphatic rings. The largest absolute Gasteiger partial charge is 0.206 e. The molecule has 102 valence electrons. The maximum atomic E-state index is 14.3. The Balaban J connectivity index is 2.76. The second-order valence-electron chi connectivity index (χ2n) is 5.01. The third-order valence-electron chi connectivity index (χ3n) is 3.81. The molecule has 2 aromatic rings. The van der Waals surface area contributed by atoms with E-state index in [9.17, 15) is 4.39 Å². The van der Waals surface area contributed by atoms with Gasteiger partial charge in [0.05, 0.1) is 0 Å². The maximum absolute atomic E-state index is 14.3. The van der Waals surface area contributed by atoms with Crippen LogP contribution in [0.5, 0.6) is 0 Å². The average molecular weight is 266 g/mol. The van der Waals surface area contributed by atoms with Gasteiger partial charge in [-0.25, -0.2) is 4.39 Å². The second kappa shape index (κ2) is 5.46. The molecule has 2 aromatic carbocycles. The molecule has 0 saturated heterocycles. The van der Waals surface area contributed by atoms with Crippen LogP contribution in [0, 0.1) is 19.7 Å². The lowest BCUT2D eigenvalue weighted by molar-refractivity contribution is 0.622. The minimum atomic E-state index is -0.253. The normalized spacial score (nSPS) is 11.7. The van der Waals surface area contributed by atoms with E-state index in [-0.39, 0.29) is 5.82 Å². The van der Waals surface area contributed by atoms with Crippen LogP contribution in [0.1, 0.15) is 29.2 Å². The number of halogens is 1. The van der Waals surface area contributed by atoms with Crippen LogP contribution in [-0.4, -0.2) is 0 Å². The lowest BCUT2D eigenvalue weighted by Gasteiger charge is -2.13. The van der Waals surface area contributed by atoms with Crippen molar-refractivity contribution in [3.63, 3.8) is 0 Å². The second-order valence-corrected chi connectivity index (χ2v) is 5.01. The fraction of sp³-hybridized carbons (Fsp3) is 0.158. The molecule has 0 nitrogen and oxygen atoms in total. The van der Waals surface area contributed by atoms with Crippen molar-refractivity contribution < 1.29 is 4.39 Å². The molecule has 0 spiro atoms. The fourth-order valence-corrected chi connectivity index (χ4v) is 2.49. The van der Waals surface area contributed by atoms with Crippen molar-refractivity contribution in [3.05, 3.63) is 75.4 Å². The van der Waals surface area contributed by atoms with Gasteiger partial charge in [-0.15, -0.1) is 0 Å². The average Bonchev–Trinajstić information content (AvgIpc) is 2.43. The van der Waals surface area contributed by atoms with E-state index in [2.05, 4.69) is 13.2 Å². The summed E-state index contributed by atoms with van der Waals surface area (Å²) in [5.41, 5.74) is 4.55. The fourth-order valence-electron chi connectivity index (χ4n) is 2.49. The first-order valence-electron chi connectivity index (χ1n) is 6.67. The number of rotatable bonds is 2. The highest BCUT2D eigenvalue weighted by Crippen LogP contribution is 2.25. The van der Waals surface area contributed by atoms with Crippen molar-refractivity contribution in [1.29, 1.82) is 0 Å². The Morgan fingerprint density at radius 3 is 2.50 bits per heavy atom. The van der Waals surface area contributed by atoms with E-state index in [1.807, 2.05) is 45.0 Å². The molecule has 2 rings (SSSR count). The minimum Gasteiger partial charge on any atom is -0.206 e. The Labute approximate surface area is 119 Å². The molecule has 0 unspecified atom stereocenters. The van der Waals surface area contributed by atoms with Gasteiger partial charge >= 0.3 is 0 Å². The SMILES string of the molecule is C=C(c1cccc(C)c1C)c1c(F)ccc(=C)/c1=C\C. The zero-order valence-corrected chi connectivity index (χ0v) is 12.3. The summed E-state index contributed by atoms with van der Waals surface area (Å²) in [5.74, 6) is -0.253. The lowest BCUT2D eigenvalue weighted by Crippen LogP contribution is -2.28. The lowest BCUT2D eigenvalue weighted by atomic mass is 9.91. The monoisotopic (exact) mass is 266 g/mol. The highest BCUT2D eigenvalue weighted by Gasteiger charge is 2.12. The van der Waals surface area contributed by atoms with Crippen LogP contribution in [0.2, 0.25) is 0 Å². The van der Waals surface area contributed by atoms with Gasteiger partial charge in [0.15, 0.2) is 0 Å². The summed E-state index contributed by atoms with van der Waals surface area (Å²) in [6, 6.07) is 9.17. The van der Waals surface area contributed by atoms with E-state index in [1.54, 1.807) is 6.07 Å². The van der Waals surface area contributed by atoms with Gasteiger partial charge in [0.1, 0.15) is 5.82 Å². The molecule has 20 heavy (non-hydrogen) atoms. The molecule has 1 heteroatoms. The number of hydrogen-bond donors (Lipinski definition) is 0. The molecule has 0 fully saturated rings. The molecule has 0 aromatic heterocycles. The maximum Gasteiger partial charge on any atom is 0.131 e. The quantitative estimate of drug-likeness (QED) is 0.777. The van der Waals surface area contributed by atoms with E-state index in [0.717, 1.165) is 21.6 Å². The van der Waals surface area contributed by atoms with Crippen molar-refractivity contribution in [2.75, 3.05) is 0 Å². The Hall–Kier alpha value is -2.15. The highest BCUT2D eigenvalue weighted by molar-refractivity contribution is 5.81. The van der Waals surface area contributed by atoms with Gasteiger partial charge in [0.25, 0.3) is 0 Å². The Bertz CT molecular complexity index is 782. The number of aryl methyl sites for hydroxylation is 1. The molecular formula is C19H19F. The molecular weight excluding hydrogens is 247 g/mol. The van der Waals surface area contributed by atoms with Crippen molar-refractivity contribution in [3.8, 4) is 0 Å². The summed E-state index contributed by atoms with van der Waals surface area (Å²) in [6.07, 6.45) is 1.89. The zero-order chi connectivity index (χ0) is 14.9. The first kappa shape index (κ1) is 14.3. The first-order valence-corrected chi connectivity index (χ1v) is 6.67. The van der Waals surface area contributed by atoms with Crippen molar-refractivity contribution in [2.45, 2.75) is 20.8 Å². The third kappa shape index (κ3) is 2.32. The summed E-state index contributed by atoms with van der Waals surface area (Å²) >= 11 is 0. The molecule has 0 aliphatic heterocycles. The van der Waals surface area contributed by atoms with Crippen LogP contribution in [0.15, 0.2) is 36.9 Å². The molecule has 0 heterocycles. The smallest absolute Gasteiger partial charge is 0.131 e. The van der Waals surface area contributed by atoms with E-state index >= 15 is 0 Å². The van der Waals surface area contributed by atoms with Crippen LogP contribution >= 0.6 is 0 Å². The topological polar surface area (TPSA) is 0 Å². The summed E-state index contributed by atoms with van der Waals surface area (Å²) in [5, 5.41) is 1.63. The van der Waals surface area contributed by atoms with Crippen LogP contribution in [0.25, 0.3) is 18.2 Å². The van der Waals surface area contributed by atoms with E-state index in [0.29, 0.717) is 11.1 Å². The minimum absolute atomic E-state index is 0.253. The Morgan fingerprint density at radius 1 is 1.15 bits per heavy atom. The standard InChI is InChI=1S/C19H19F/c1-6-16-13(3)10-11-18(20)19(16)15(5)17-9-7-8-12(2)14(17)4/h6-11H,3,5H2,1-2,4H3/b16-6+. The highest BCUT2D eigenvalue weighted by atomic mass is 19.1. The number of benzene rings is 2. The van der Waals surface area contributed by atoms with Crippen LogP contribution in [0.3, 0.4) is 0 Å². The predicted octanol–water partition coefficient (Wildman–Crippen LogP) is 3.71. The zero-order valence-electron chi connectivity index (χ0n) is 12.3. The first-order chi connectivity index (χ1) is 9.47. The summed E-state index contributed by atoms with van der Waals surface area (Å²) in [6.45, 7) is 14.1. The summed E-state index contributed by atoms with van der Waals surface area (Å²) in [4.78, 5) is 0. The molecule has 0 N–H and O–H groups in total. The van der Waals surface area contributed by atoms with E-state index in [4.69, 9.17) is 0 Å². The van der Waals surface area contributed by atoms with E-state index in [1.165, 1.54) is 11.6 Å². The van der Waals surface area contributed by atoms with Gasteiger partial charge in [-0.2, -0.15) is 0 Å². The van der Waals surface area contributed by atoms with E-state index < -0.39 is 0 Å². The van der Waals surface area contributed by atoms with Gasteiger partial charge in [-0.1, -0.05) is 43.5 Å². The molecule has 0 atom stereocenters. The van der Waals surface area contributed by atoms with Gasteiger partial charge in [0, 0.05) is 5.56 Å². The van der Waals surface area contributed by atoms with Crippen LogP contribution < -0.4 is 10.4 Å². The molecule has 0 radical (unpaired) electrons. The van der Waals surface area contributed by atoms with Crippen molar-refractivity contribution in [1.82, 2.24) is 0 Å². The molecule has 0 saturated carbocycles. The van der Waals surface area contributed by atoms with Crippen molar-refractivity contribution in [2.24, 2.45) is 0 Å².